The molecule has 1 fully saturated rings. The van der Waals surface area contributed by atoms with Gasteiger partial charge in [-0.3, -0.25) is 0 Å². The van der Waals surface area contributed by atoms with E-state index >= 15 is 0 Å². The lowest BCUT2D eigenvalue weighted by atomic mass is 9.80. The van der Waals surface area contributed by atoms with Crippen LogP contribution in [0, 0.1) is 11.8 Å². The van der Waals surface area contributed by atoms with E-state index in [1.54, 1.807) is 7.05 Å². The van der Waals surface area contributed by atoms with Crippen molar-refractivity contribution in [3.8, 4) is 0 Å². The first-order valence-corrected chi connectivity index (χ1v) is 9.25. The summed E-state index contributed by atoms with van der Waals surface area (Å²) in [6.07, 6.45) is 4.01. The highest BCUT2D eigenvalue weighted by Gasteiger charge is 2.30. The van der Waals surface area contributed by atoms with Crippen molar-refractivity contribution in [3.63, 3.8) is 0 Å². The Morgan fingerprint density at radius 1 is 1.25 bits per heavy atom. The zero-order valence-corrected chi connectivity index (χ0v) is 14.2. The van der Waals surface area contributed by atoms with Crippen molar-refractivity contribution < 1.29 is 8.42 Å². The zero-order valence-electron chi connectivity index (χ0n) is 13.4. The third kappa shape index (κ3) is 5.68. The van der Waals surface area contributed by atoms with Gasteiger partial charge < -0.3 is 5.32 Å². The third-order valence-electron chi connectivity index (χ3n) is 4.22. The number of hydrogen-bond acceptors (Lipinski definition) is 3. The Morgan fingerprint density at radius 2 is 1.95 bits per heavy atom. The molecule has 0 heterocycles. The molecule has 0 radical (unpaired) electrons. The first kappa shape index (κ1) is 17.9. The van der Waals surface area contributed by atoms with E-state index in [-0.39, 0.29) is 6.04 Å². The lowest BCUT2D eigenvalue weighted by molar-refractivity contribution is 0.246. The van der Waals surface area contributed by atoms with Gasteiger partial charge in [0.15, 0.2) is 0 Å². The van der Waals surface area contributed by atoms with Crippen LogP contribution >= 0.6 is 0 Å². The Labute approximate surface area is 124 Å². The van der Waals surface area contributed by atoms with Gasteiger partial charge in [0.05, 0.1) is 0 Å². The summed E-state index contributed by atoms with van der Waals surface area (Å²) in [5.74, 6) is 1.13. The first-order valence-electron chi connectivity index (χ1n) is 7.81. The molecular formula is C14H31N3O2S. The quantitative estimate of drug-likeness (QED) is 0.669. The Kier molecular flexibility index (Phi) is 7.43. The van der Waals surface area contributed by atoms with Crippen LogP contribution in [0.4, 0.5) is 0 Å². The van der Waals surface area contributed by atoms with Crippen LogP contribution < -0.4 is 10.0 Å². The van der Waals surface area contributed by atoms with Crippen LogP contribution in [-0.2, 0) is 10.2 Å². The van der Waals surface area contributed by atoms with Crippen molar-refractivity contribution in [2.24, 2.45) is 11.8 Å². The molecule has 1 saturated carbocycles. The maximum Gasteiger partial charge on any atom is 0.279 e. The zero-order chi connectivity index (χ0) is 15.2. The van der Waals surface area contributed by atoms with Crippen molar-refractivity contribution in [2.45, 2.75) is 52.5 Å². The molecule has 0 amide bonds. The van der Waals surface area contributed by atoms with Gasteiger partial charge in [0.2, 0.25) is 0 Å². The minimum atomic E-state index is -3.34. The van der Waals surface area contributed by atoms with E-state index in [1.807, 2.05) is 6.92 Å². The SMILES string of the molecule is CCNCCCN(C)S(=O)(=O)NC1CCC(C)CC1C. The van der Waals surface area contributed by atoms with E-state index in [2.05, 4.69) is 23.9 Å². The summed E-state index contributed by atoms with van der Waals surface area (Å²) in [6.45, 7) is 8.77. The maximum absolute atomic E-state index is 12.3. The average molecular weight is 305 g/mol. The van der Waals surface area contributed by atoms with Crippen LogP contribution in [0.5, 0.6) is 0 Å². The summed E-state index contributed by atoms with van der Waals surface area (Å²) in [4.78, 5) is 0. The summed E-state index contributed by atoms with van der Waals surface area (Å²) < 4.78 is 28.9. The molecule has 1 rings (SSSR count). The second-order valence-electron chi connectivity index (χ2n) is 6.15. The number of hydrogen-bond donors (Lipinski definition) is 2. The van der Waals surface area contributed by atoms with Gasteiger partial charge >= 0.3 is 0 Å². The average Bonchev–Trinajstić information content (AvgIpc) is 2.37. The van der Waals surface area contributed by atoms with E-state index in [9.17, 15) is 8.42 Å². The molecule has 3 atom stereocenters. The normalized spacial score (nSPS) is 27.9. The van der Waals surface area contributed by atoms with Gasteiger partial charge in [-0.05, 0) is 50.6 Å². The highest BCUT2D eigenvalue weighted by molar-refractivity contribution is 7.87. The van der Waals surface area contributed by atoms with Crippen LogP contribution in [0.2, 0.25) is 0 Å². The fraction of sp³-hybridized carbons (Fsp3) is 1.00. The van der Waals surface area contributed by atoms with Crippen molar-refractivity contribution >= 4 is 10.2 Å². The predicted octanol–water partition coefficient (Wildman–Crippen LogP) is 1.58. The number of nitrogens with one attached hydrogen (secondary N) is 2. The summed E-state index contributed by atoms with van der Waals surface area (Å²) >= 11 is 0. The fourth-order valence-corrected chi connectivity index (χ4v) is 4.13. The highest BCUT2D eigenvalue weighted by Crippen LogP contribution is 2.29. The monoisotopic (exact) mass is 305 g/mol. The molecule has 1 aliphatic carbocycles. The van der Waals surface area contributed by atoms with Gasteiger partial charge in [-0.15, -0.1) is 0 Å². The largest absolute Gasteiger partial charge is 0.317 e. The van der Waals surface area contributed by atoms with Crippen molar-refractivity contribution in [3.05, 3.63) is 0 Å². The molecule has 3 unspecified atom stereocenters. The van der Waals surface area contributed by atoms with Gasteiger partial charge in [-0.2, -0.15) is 17.4 Å². The van der Waals surface area contributed by atoms with E-state index in [1.165, 1.54) is 4.31 Å². The van der Waals surface area contributed by atoms with Crippen molar-refractivity contribution in [1.29, 1.82) is 0 Å². The van der Waals surface area contributed by atoms with Crippen LogP contribution in [0.15, 0.2) is 0 Å². The molecule has 0 aromatic heterocycles. The summed E-state index contributed by atoms with van der Waals surface area (Å²) in [6, 6.07) is 0.0902. The van der Waals surface area contributed by atoms with E-state index in [0.29, 0.717) is 18.4 Å². The van der Waals surface area contributed by atoms with Crippen molar-refractivity contribution in [1.82, 2.24) is 14.3 Å². The molecule has 6 heteroatoms. The van der Waals surface area contributed by atoms with Gasteiger partial charge in [0.1, 0.15) is 0 Å². The third-order valence-corrected chi connectivity index (χ3v) is 5.82. The number of rotatable bonds is 8. The molecule has 5 nitrogen and oxygen atoms in total. The summed E-state index contributed by atoms with van der Waals surface area (Å²) in [5.41, 5.74) is 0. The number of nitrogens with zero attached hydrogens (tertiary/aromatic N) is 1. The molecule has 0 aliphatic heterocycles. The van der Waals surface area contributed by atoms with Gasteiger partial charge in [-0.25, -0.2) is 0 Å². The standard InChI is InChI=1S/C14H31N3O2S/c1-5-15-9-6-10-17(4)20(18,19)16-14-8-7-12(2)11-13(14)3/h12-16H,5-11H2,1-4H3. The van der Waals surface area contributed by atoms with Gasteiger partial charge in [0, 0.05) is 19.6 Å². The molecule has 0 spiro atoms. The first-order chi connectivity index (χ1) is 9.36. The summed E-state index contributed by atoms with van der Waals surface area (Å²) in [5, 5.41) is 3.21. The Bertz CT molecular complexity index is 373. The Balaban J connectivity index is 2.43. The van der Waals surface area contributed by atoms with Crippen LogP contribution in [0.25, 0.3) is 0 Å². The topological polar surface area (TPSA) is 61.4 Å². The second-order valence-corrected chi connectivity index (χ2v) is 7.96. The molecule has 1 aliphatic rings. The van der Waals surface area contributed by atoms with Gasteiger partial charge in [0.25, 0.3) is 10.2 Å². The maximum atomic E-state index is 12.3. The van der Waals surface area contributed by atoms with Crippen molar-refractivity contribution in [2.75, 3.05) is 26.7 Å². The van der Waals surface area contributed by atoms with Gasteiger partial charge in [-0.1, -0.05) is 20.8 Å². The van der Waals surface area contributed by atoms with Crippen LogP contribution in [0.3, 0.4) is 0 Å². The van der Waals surface area contributed by atoms with Crippen LogP contribution in [0.1, 0.15) is 46.5 Å². The molecule has 0 aromatic rings. The molecule has 0 aromatic carbocycles. The van der Waals surface area contributed by atoms with Crippen LogP contribution in [-0.4, -0.2) is 45.4 Å². The Morgan fingerprint density at radius 3 is 2.55 bits per heavy atom. The molecule has 120 valence electrons. The lowest BCUT2D eigenvalue weighted by Gasteiger charge is -2.34. The summed E-state index contributed by atoms with van der Waals surface area (Å²) in [7, 11) is -1.68. The minimum Gasteiger partial charge on any atom is -0.317 e. The highest BCUT2D eigenvalue weighted by atomic mass is 32.2. The van der Waals surface area contributed by atoms with E-state index in [0.717, 1.165) is 38.8 Å². The second kappa shape index (κ2) is 8.32. The molecule has 0 saturated heterocycles. The molecular weight excluding hydrogens is 274 g/mol. The van der Waals surface area contributed by atoms with E-state index < -0.39 is 10.2 Å². The smallest absolute Gasteiger partial charge is 0.279 e. The molecule has 0 bridgehead atoms. The molecule has 2 N–H and O–H groups in total. The fourth-order valence-electron chi connectivity index (χ4n) is 2.85. The van der Waals surface area contributed by atoms with E-state index in [4.69, 9.17) is 0 Å². The molecule has 20 heavy (non-hydrogen) atoms. The lowest BCUT2D eigenvalue weighted by Crippen LogP contribution is -2.48. The minimum absolute atomic E-state index is 0.0902. The predicted molar refractivity (Wildman–Crippen MR) is 83.8 cm³/mol. The Hall–Kier alpha value is -0.170.